The van der Waals surface area contributed by atoms with Crippen LogP contribution >= 0.6 is 39.1 Å². The Morgan fingerprint density at radius 1 is 1.33 bits per heavy atom. The number of hydrogen-bond acceptors (Lipinski definition) is 1. The number of aliphatic hydroxyl groups excluding tert-OH is 1. The van der Waals surface area contributed by atoms with Crippen molar-refractivity contribution in [2.75, 3.05) is 0 Å². The second-order valence-electron chi connectivity index (χ2n) is 4.16. The van der Waals surface area contributed by atoms with Crippen LogP contribution in [0.5, 0.6) is 0 Å². The van der Waals surface area contributed by atoms with Gasteiger partial charge in [0.15, 0.2) is 0 Å². The van der Waals surface area contributed by atoms with E-state index in [1.807, 2.05) is 13.8 Å². The highest BCUT2D eigenvalue weighted by atomic mass is 79.9. The number of hydrogen-bond donors (Lipinski definition) is 1. The summed E-state index contributed by atoms with van der Waals surface area (Å²) in [6.45, 7) is 3.95. The van der Waals surface area contributed by atoms with Crippen LogP contribution in [0.25, 0.3) is 0 Å². The molecule has 0 heterocycles. The first-order chi connectivity index (χ1) is 5.26. The minimum absolute atomic E-state index is 0.212. The molecular weight excluding hydrogens is 263 g/mol. The first-order valence-corrected chi connectivity index (χ1v) is 5.63. The maximum atomic E-state index is 9.80. The predicted octanol–water partition coefficient (Wildman–Crippen LogP) is 3.10. The van der Waals surface area contributed by atoms with E-state index < -0.39 is 10.4 Å². The third-order valence-electron chi connectivity index (χ3n) is 2.38. The topological polar surface area (TPSA) is 20.2 Å². The Balaban J connectivity index is 2.84. The molecule has 1 N–H and O–H groups in total. The maximum absolute atomic E-state index is 9.80. The summed E-state index contributed by atoms with van der Waals surface area (Å²) in [5.41, 5.74) is -0.212. The fraction of sp³-hybridized carbons (Fsp3) is 1.00. The van der Waals surface area contributed by atoms with Gasteiger partial charge in [0.05, 0.1) is 6.10 Å². The van der Waals surface area contributed by atoms with Gasteiger partial charge in [-0.15, -0.1) is 0 Å². The van der Waals surface area contributed by atoms with Crippen LogP contribution in [0.3, 0.4) is 0 Å². The summed E-state index contributed by atoms with van der Waals surface area (Å²) in [5, 5.41) is 9.80. The van der Waals surface area contributed by atoms with Crippen molar-refractivity contribution in [3.63, 3.8) is 0 Å². The summed E-state index contributed by atoms with van der Waals surface area (Å²) >= 11 is 15.5. The number of aliphatic hydroxyl groups is 1. The van der Waals surface area contributed by atoms with Gasteiger partial charge in [0.1, 0.15) is 4.33 Å². The van der Waals surface area contributed by atoms with Crippen molar-refractivity contribution >= 4 is 39.1 Å². The van der Waals surface area contributed by atoms with Crippen LogP contribution in [0.2, 0.25) is 0 Å². The molecule has 0 aromatic carbocycles. The normalized spacial score (nSPS) is 39.5. The molecule has 1 rings (SSSR count). The molecular formula is C8H13BrCl2O. The first kappa shape index (κ1) is 11.1. The highest BCUT2D eigenvalue weighted by molar-refractivity contribution is 9.09. The zero-order chi connectivity index (χ0) is 9.57. The third-order valence-corrected chi connectivity index (χ3v) is 3.75. The summed E-state index contributed by atoms with van der Waals surface area (Å²) in [5.74, 6) is 0. The van der Waals surface area contributed by atoms with Crippen LogP contribution in [0.15, 0.2) is 0 Å². The molecule has 0 spiro atoms. The van der Waals surface area contributed by atoms with Crippen LogP contribution in [0.4, 0.5) is 0 Å². The largest absolute Gasteiger partial charge is 0.389 e. The standard InChI is InChI=1S/C8H13BrCl2O/c1-7(2)3-5(9)4-8(10,11)6(7)12/h5-6,12H,3-4H2,1-2H3/t5-,6+/m1/s1. The average molecular weight is 276 g/mol. The van der Waals surface area contributed by atoms with Crippen molar-refractivity contribution in [1.82, 2.24) is 0 Å². The highest BCUT2D eigenvalue weighted by Crippen LogP contribution is 2.49. The molecule has 0 aromatic rings. The first-order valence-electron chi connectivity index (χ1n) is 3.96. The van der Waals surface area contributed by atoms with Gasteiger partial charge in [0.2, 0.25) is 0 Å². The molecule has 1 nitrogen and oxygen atoms in total. The smallest absolute Gasteiger partial charge is 0.145 e. The van der Waals surface area contributed by atoms with Crippen LogP contribution in [0.1, 0.15) is 26.7 Å². The minimum Gasteiger partial charge on any atom is -0.389 e. The Labute approximate surface area is 91.6 Å². The molecule has 1 saturated carbocycles. The van der Waals surface area contributed by atoms with Gasteiger partial charge in [-0.2, -0.15) is 0 Å². The van der Waals surface area contributed by atoms with Gasteiger partial charge in [0.25, 0.3) is 0 Å². The van der Waals surface area contributed by atoms with E-state index in [9.17, 15) is 5.11 Å². The molecule has 4 heteroatoms. The van der Waals surface area contributed by atoms with E-state index in [4.69, 9.17) is 23.2 Å². The summed E-state index contributed by atoms with van der Waals surface area (Å²) in [6.07, 6.45) is 0.845. The third kappa shape index (κ3) is 2.09. The van der Waals surface area contributed by atoms with Crippen molar-refractivity contribution in [3.8, 4) is 0 Å². The van der Waals surface area contributed by atoms with Gasteiger partial charge in [0, 0.05) is 4.83 Å². The lowest BCUT2D eigenvalue weighted by Crippen LogP contribution is -2.49. The molecule has 0 aromatic heterocycles. The molecule has 12 heavy (non-hydrogen) atoms. The molecule has 0 radical (unpaired) electrons. The summed E-state index contributed by atoms with van der Waals surface area (Å²) in [4.78, 5) is 0.297. The Bertz CT molecular complexity index is 164. The van der Waals surface area contributed by atoms with E-state index >= 15 is 0 Å². The predicted molar refractivity (Wildman–Crippen MR) is 56.2 cm³/mol. The van der Waals surface area contributed by atoms with Crippen molar-refractivity contribution < 1.29 is 5.11 Å². The maximum Gasteiger partial charge on any atom is 0.145 e. The quantitative estimate of drug-likeness (QED) is 0.674. The number of halogens is 3. The van der Waals surface area contributed by atoms with Gasteiger partial charge in [-0.05, 0) is 18.3 Å². The van der Waals surface area contributed by atoms with E-state index in [0.29, 0.717) is 11.2 Å². The van der Waals surface area contributed by atoms with Gasteiger partial charge in [-0.3, -0.25) is 0 Å². The zero-order valence-electron chi connectivity index (χ0n) is 7.15. The van der Waals surface area contributed by atoms with E-state index in [2.05, 4.69) is 15.9 Å². The lowest BCUT2D eigenvalue weighted by Gasteiger charge is -2.44. The fourth-order valence-electron chi connectivity index (χ4n) is 1.73. The van der Waals surface area contributed by atoms with Crippen molar-refractivity contribution in [1.29, 1.82) is 0 Å². The second kappa shape index (κ2) is 3.30. The molecule has 2 atom stereocenters. The monoisotopic (exact) mass is 274 g/mol. The van der Waals surface area contributed by atoms with E-state index in [0.717, 1.165) is 6.42 Å². The van der Waals surface area contributed by atoms with Crippen LogP contribution in [-0.2, 0) is 0 Å². The highest BCUT2D eigenvalue weighted by Gasteiger charge is 2.49. The summed E-state index contributed by atoms with van der Waals surface area (Å²) in [7, 11) is 0. The average Bonchev–Trinajstić information content (AvgIpc) is 1.80. The van der Waals surface area contributed by atoms with Gasteiger partial charge in [-0.25, -0.2) is 0 Å². The van der Waals surface area contributed by atoms with E-state index in [-0.39, 0.29) is 5.41 Å². The van der Waals surface area contributed by atoms with Crippen molar-refractivity contribution in [2.45, 2.75) is 42.0 Å². The van der Waals surface area contributed by atoms with E-state index in [1.165, 1.54) is 0 Å². The summed E-state index contributed by atoms with van der Waals surface area (Å²) < 4.78 is -1.00. The molecule has 0 unspecified atom stereocenters. The van der Waals surface area contributed by atoms with E-state index in [1.54, 1.807) is 0 Å². The molecule has 0 bridgehead atoms. The van der Waals surface area contributed by atoms with Crippen LogP contribution in [-0.4, -0.2) is 20.4 Å². The number of rotatable bonds is 0. The lowest BCUT2D eigenvalue weighted by atomic mass is 9.74. The minimum atomic E-state index is -1.00. The Morgan fingerprint density at radius 2 is 1.83 bits per heavy atom. The lowest BCUT2D eigenvalue weighted by molar-refractivity contribution is 0.00860. The van der Waals surface area contributed by atoms with Gasteiger partial charge in [-0.1, -0.05) is 53.0 Å². The number of alkyl halides is 3. The van der Waals surface area contributed by atoms with Gasteiger partial charge >= 0.3 is 0 Å². The van der Waals surface area contributed by atoms with Crippen LogP contribution < -0.4 is 0 Å². The SMILES string of the molecule is CC1(C)C[C@@H](Br)CC(Cl)(Cl)[C@H]1O. The zero-order valence-corrected chi connectivity index (χ0v) is 10.2. The Kier molecular flexibility index (Phi) is 3.06. The molecule has 72 valence electrons. The molecule has 1 fully saturated rings. The molecule has 1 aliphatic rings. The fourth-order valence-corrected chi connectivity index (χ4v) is 4.41. The molecule has 0 amide bonds. The summed E-state index contributed by atoms with van der Waals surface area (Å²) in [6, 6.07) is 0. The van der Waals surface area contributed by atoms with Crippen molar-refractivity contribution in [2.24, 2.45) is 5.41 Å². The molecule has 0 saturated heterocycles. The van der Waals surface area contributed by atoms with Gasteiger partial charge < -0.3 is 5.11 Å². The Morgan fingerprint density at radius 3 is 2.25 bits per heavy atom. The molecule has 1 aliphatic carbocycles. The van der Waals surface area contributed by atoms with Crippen LogP contribution in [0, 0.1) is 5.41 Å². The second-order valence-corrected chi connectivity index (χ2v) is 7.00. The Hall–Kier alpha value is 1.02. The van der Waals surface area contributed by atoms with Crippen molar-refractivity contribution in [3.05, 3.63) is 0 Å². The molecule has 0 aliphatic heterocycles.